The average molecular weight is 495 g/mol. The van der Waals surface area contributed by atoms with Gasteiger partial charge in [-0.05, 0) is 55.7 Å². The third-order valence-electron chi connectivity index (χ3n) is 6.68. The van der Waals surface area contributed by atoms with Crippen LogP contribution in [-0.4, -0.2) is 74.2 Å². The minimum Gasteiger partial charge on any atom is -0.465 e. The molecule has 2 aliphatic heterocycles. The van der Waals surface area contributed by atoms with Crippen LogP contribution in [0.25, 0.3) is 0 Å². The van der Waals surface area contributed by atoms with Gasteiger partial charge in [0.2, 0.25) is 0 Å². The second kappa shape index (κ2) is 14.2. The SMILES string of the molecule is N[C@@H](CNC(=O)N1CCC[C@@H](C(OCCNC(=O)O)c2cccc(F)c2)C1)C[C@H]1CCCCOC1. The molecule has 0 bridgehead atoms. The van der Waals surface area contributed by atoms with Crippen LogP contribution in [0.1, 0.15) is 50.2 Å². The van der Waals surface area contributed by atoms with Crippen LogP contribution in [0.3, 0.4) is 0 Å². The fraction of sp³-hybridized carbons (Fsp3) is 0.680. The molecule has 9 nitrogen and oxygen atoms in total. The topological polar surface area (TPSA) is 126 Å². The molecule has 1 aromatic carbocycles. The first kappa shape index (κ1) is 27.2. The number of piperidine rings is 1. The van der Waals surface area contributed by atoms with E-state index in [4.69, 9.17) is 20.3 Å². The summed E-state index contributed by atoms with van der Waals surface area (Å²) < 4.78 is 25.6. The van der Waals surface area contributed by atoms with Crippen molar-refractivity contribution < 1.29 is 28.6 Å². The molecule has 2 heterocycles. The molecular formula is C25H39FN4O5. The van der Waals surface area contributed by atoms with Gasteiger partial charge in [0, 0.05) is 51.4 Å². The van der Waals surface area contributed by atoms with Crippen molar-refractivity contribution in [2.24, 2.45) is 17.6 Å². The predicted octanol–water partition coefficient (Wildman–Crippen LogP) is 3.11. The number of ether oxygens (including phenoxy) is 2. The fourth-order valence-electron chi connectivity index (χ4n) is 4.97. The Morgan fingerprint density at radius 3 is 2.91 bits per heavy atom. The normalized spacial score (nSPS) is 22.6. The number of nitrogens with one attached hydrogen (secondary N) is 2. The second-order valence-corrected chi connectivity index (χ2v) is 9.55. The highest BCUT2D eigenvalue weighted by molar-refractivity contribution is 5.74. The van der Waals surface area contributed by atoms with Gasteiger partial charge in [0.05, 0.1) is 12.7 Å². The van der Waals surface area contributed by atoms with Crippen molar-refractivity contribution in [3.8, 4) is 0 Å². The largest absolute Gasteiger partial charge is 0.465 e. The molecule has 0 radical (unpaired) electrons. The number of urea groups is 1. The van der Waals surface area contributed by atoms with Crippen molar-refractivity contribution in [3.05, 3.63) is 35.6 Å². The minimum absolute atomic E-state index is 0.0436. The van der Waals surface area contributed by atoms with Crippen molar-refractivity contribution in [1.82, 2.24) is 15.5 Å². The Morgan fingerprint density at radius 2 is 2.11 bits per heavy atom. The average Bonchev–Trinajstić information content (AvgIpc) is 3.11. The Morgan fingerprint density at radius 1 is 1.26 bits per heavy atom. The molecule has 2 saturated heterocycles. The molecule has 0 aliphatic carbocycles. The van der Waals surface area contributed by atoms with Crippen LogP contribution in [-0.2, 0) is 9.47 Å². The number of nitrogens with zero attached hydrogens (tertiary/aromatic N) is 1. The summed E-state index contributed by atoms with van der Waals surface area (Å²) in [5.41, 5.74) is 6.98. The quantitative estimate of drug-likeness (QED) is 0.370. The lowest BCUT2D eigenvalue weighted by Crippen LogP contribution is -2.49. The van der Waals surface area contributed by atoms with Gasteiger partial charge < -0.3 is 35.8 Å². The first-order chi connectivity index (χ1) is 16.9. The summed E-state index contributed by atoms with van der Waals surface area (Å²) in [6.07, 6.45) is 4.22. The number of halogens is 1. The molecule has 0 spiro atoms. The van der Waals surface area contributed by atoms with Crippen molar-refractivity contribution in [2.75, 3.05) is 46.0 Å². The molecule has 2 aliphatic rings. The van der Waals surface area contributed by atoms with E-state index in [0.29, 0.717) is 31.1 Å². The molecule has 0 aromatic heterocycles. The molecule has 3 rings (SSSR count). The second-order valence-electron chi connectivity index (χ2n) is 9.55. The van der Waals surface area contributed by atoms with Crippen LogP contribution < -0.4 is 16.4 Å². The van der Waals surface area contributed by atoms with Gasteiger partial charge in [-0.3, -0.25) is 0 Å². The lowest BCUT2D eigenvalue weighted by Gasteiger charge is -2.37. The van der Waals surface area contributed by atoms with Crippen LogP contribution in [0, 0.1) is 17.7 Å². The standard InChI is InChI=1S/C25H39FN4O5/c26-21-8-3-6-19(14-21)23(35-12-9-28-25(32)33)20-7-4-10-30(16-20)24(31)29-15-22(27)13-18-5-1-2-11-34-17-18/h3,6,8,14,18,20,22-23,28H,1-2,4-5,7,9-13,15-17,27H2,(H,29,31)(H,32,33)/t18-,20-,22-,23?/m1/s1. The third kappa shape index (κ3) is 9.27. The molecule has 0 saturated carbocycles. The van der Waals surface area contributed by atoms with Crippen LogP contribution in [0.4, 0.5) is 14.0 Å². The van der Waals surface area contributed by atoms with E-state index in [1.54, 1.807) is 17.0 Å². The molecule has 1 unspecified atom stereocenters. The number of amides is 3. The van der Waals surface area contributed by atoms with E-state index in [0.717, 1.165) is 51.7 Å². The molecule has 3 amide bonds. The van der Waals surface area contributed by atoms with Crippen molar-refractivity contribution in [2.45, 2.75) is 50.7 Å². The summed E-state index contributed by atoms with van der Waals surface area (Å²) in [7, 11) is 0. The first-order valence-corrected chi connectivity index (χ1v) is 12.6. The van der Waals surface area contributed by atoms with Gasteiger partial charge >= 0.3 is 12.1 Å². The Balaban J connectivity index is 1.53. The van der Waals surface area contributed by atoms with Gasteiger partial charge in [0.1, 0.15) is 5.82 Å². The van der Waals surface area contributed by atoms with E-state index < -0.39 is 12.2 Å². The summed E-state index contributed by atoms with van der Waals surface area (Å²) >= 11 is 0. The number of carboxylic acid groups (broad SMARTS) is 1. The molecule has 196 valence electrons. The highest BCUT2D eigenvalue weighted by atomic mass is 19.1. The molecule has 4 atom stereocenters. The molecular weight excluding hydrogens is 455 g/mol. The predicted molar refractivity (Wildman–Crippen MR) is 130 cm³/mol. The smallest absolute Gasteiger partial charge is 0.404 e. The number of hydrogen-bond acceptors (Lipinski definition) is 5. The lowest BCUT2D eigenvalue weighted by atomic mass is 9.88. The summed E-state index contributed by atoms with van der Waals surface area (Å²) in [4.78, 5) is 25.4. The van der Waals surface area contributed by atoms with Crippen molar-refractivity contribution >= 4 is 12.1 Å². The van der Waals surface area contributed by atoms with Gasteiger partial charge in [0.15, 0.2) is 0 Å². The Kier molecular flexibility index (Phi) is 11.0. The van der Waals surface area contributed by atoms with Gasteiger partial charge in [-0.2, -0.15) is 0 Å². The zero-order valence-electron chi connectivity index (χ0n) is 20.3. The minimum atomic E-state index is -1.12. The highest BCUT2D eigenvalue weighted by Gasteiger charge is 2.31. The Hall–Kier alpha value is -2.43. The maximum Gasteiger partial charge on any atom is 0.404 e. The third-order valence-corrected chi connectivity index (χ3v) is 6.68. The monoisotopic (exact) mass is 494 g/mol. The van der Waals surface area contributed by atoms with Gasteiger partial charge in [-0.1, -0.05) is 18.6 Å². The van der Waals surface area contributed by atoms with E-state index in [2.05, 4.69) is 10.6 Å². The summed E-state index contributed by atoms with van der Waals surface area (Å²) in [5.74, 6) is 0.0275. The molecule has 35 heavy (non-hydrogen) atoms. The zero-order valence-corrected chi connectivity index (χ0v) is 20.3. The van der Waals surface area contributed by atoms with E-state index in [1.807, 2.05) is 0 Å². The number of nitrogens with two attached hydrogens (primary N) is 1. The molecule has 2 fully saturated rings. The number of hydrogen-bond donors (Lipinski definition) is 4. The Bertz CT molecular complexity index is 806. The highest BCUT2D eigenvalue weighted by Crippen LogP contribution is 2.33. The van der Waals surface area contributed by atoms with Gasteiger partial charge in [-0.15, -0.1) is 0 Å². The molecule has 1 aromatic rings. The van der Waals surface area contributed by atoms with Crippen LogP contribution in [0.15, 0.2) is 24.3 Å². The van der Waals surface area contributed by atoms with E-state index in [9.17, 15) is 14.0 Å². The van der Waals surface area contributed by atoms with Crippen molar-refractivity contribution in [3.63, 3.8) is 0 Å². The first-order valence-electron chi connectivity index (χ1n) is 12.6. The van der Waals surface area contributed by atoms with E-state index in [-0.39, 0.29) is 37.0 Å². The fourth-order valence-corrected chi connectivity index (χ4v) is 4.97. The summed E-state index contributed by atoms with van der Waals surface area (Å²) in [5, 5.41) is 14.0. The molecule has 5 N–H and O–H groups in total. The maximum absolute atomic E-state index is 13.9. The number of carbonyl (C=O) groups excluding carboxylic acids is 1. The van der Waals surface area contributed by atoms with Crippen molar-refractivity contribution in [1.29, 1.82) is 0 Å². The number of likely N-dealkylation sites (tertiary alicyclic amines) is 1. The van der Waals surface area contributed by atoms with Gasteiger partial charge in [0.25, 0.3) is 0 Å². The number of rotatable bonds is 10. The summed E-state index contributed by atoms with van der Waals surface area (Å²) in [6, 6.07) is 5.95. The number of carbonyl (C=O) groups is 2. The van der Waals surface area contributed by atoms with Gasteiger partial charge in [-0.25, -0.2) is 14.0 Å². The number of benzene rings is 1. The molecule has 10 heteroatoms. The van der Waals surface area contributed by atoms with Crippen LogP contribution in [0.5, 0.6) is 0 Å². The summed E-state index contributed by atoms with van der Waals surface area (Å²) in [6.45, 7) is 3.32. The Labute approximate surface area is 206 Å². The van der Waals surface area contributed by atoms with E-state index >= 15 is 0 Å². The van der Waals surface area contributed by atoms with Crippen LogP contribution in [0.2, 0.25) is 0 Å². The van der Waals surface area contributed by atoms with Crippen LogP contribution >= 0.6 is 0 Å². The lowest BCUT2D eigenvalue weighted by molar-refractivity contribution is -0.00850. The zero-order chi connectivity index (χ0) is 25.0. The maximum atomic E-state index is 13.9. The van der Waals surface area contributed by atoms with E-state index in [1.165, 1.54) is 12.1 Å².